The van der Waals surface area contributed by atoms with E-state index in [2.05, 4.69) is 33.9 Å². The highest BCUT2D eigenvalue weighted by Gasteiger charge is 2.42. The first kappa shape index (κ1) is 23.0. The van der Waals surface area contributed by atoms with Crippen LogP contribution < -0.4 is 5.73 Å². The number of ketones is 1. The molecule has 0 aliphatic heterocycles. The van der Waals surface area contributed by atoms with E-state index in [9.17, 15) is 14.4 Å². The van der Waals surface area contributed by atoms with Gasteiger partial charge in [-0.25, -0.2) is 0 Å². The molecule has 0 spiro atoms. The lowest BCUT2D eigenvalue weighted by Crippen LogP contribution is -2.57. The zero-order valence-corrected chi connectivity index (χ0v) is 18.4. The molecular formula is C20H32N2O4Si. The monoisotopic (exact) mass is 392 g/mol. The third-order valence-corrected chi connectivity index (χ3v) is 9.75. The first-order chi connectivity index (χ1) is 12.3. The maximum absolute atomic E-state index is 12.6. The molecule has 0 radical (unpaired) electrons. The van der Waals surface area contributed by atoms with Crippen molar-refractivity contribution in [2.24, 2.45) is 5.73 Å². The maximum atomic E-state index is 12.6. The normalized spacial score (nSPS) is 14.3. The smallest absolute Gasteiger partial charge is 0.242 e. The predicted octanol–water partition coefficient (Wildman–Crippen LogP) is 2.98. The summed E-state index contributed by atoms with van der Waals surface area (Å²) in [6, 6.07) is 7.65. The van der Waals surface area contributed by atoms with Crippen LogP contribution in [0, 0.1) is 0 Å². The van der Waals surface area contributed by atoms with Crippen LogP contribution in [0.15, 0.2) is 30.3 Å². The molecule has 0 aliphatic carbocycles. The highest BCUT2D eigenvalue weighted by Crippen LogP contribution is 2.37. The van der Waals surface area contributed by atoms with Crippen LogP contribution in [-0.4, -0.2) is 49.5 Å². The van der Waals surface area contributed by atoms with Gasteiger partial charge in [0.15, 0.2) is 14.1 Å². The average Bonchev–Trinajstić information content (AvgIpc) is 2.52. The second-order valence-electron chi connectivity index (χ2n) is 8.37. The van der Waals surface area contributed by atoms with Gasteiger partial charge in [-0.05, 0) is 25.1 Å². The van der Waals surface area contributed by atoms with Gasteiger partial charge in [0.2, 0.25) is 11.8 Å². The molecule has 0 saturated carbocycles. The molecule has 0 aliphatic rings. The Bertz CT molecular complexity index is 683. The lowest BCUT2D eigenvalue weighted by molar-refractivity contribution is -0.140. The molecule has 0 fully saturated rings. The largest absolute Gasteiger partial charge is 0.412 e. The van der Waals surface area contributed by atoms with Gasteiger partial charge in [0, 0.05) is 12.5 Å². The Morgan fingerprint density at radius 3 is 2.07 bits per heavy atom. The van der Waals surface area contributed by atoms with Gasteiger partial charge in [-0.15, -0.1) is 0 Å². The number of carbonyl (C=O) groups is 3. The number of nitrogens with two attached hydrogens (primary N) is 1. The lowest BCUT2D eigenvalue weighted by atomic mass is 10.1. The third-order valence-electron chi connectivity index (χ3n) is 5.17. The average molecular weight is 393 g/mol. The minimum Gasteiger partial charge on any atom is -0.412 e. The van der Waals surface area contributed by atoms with Crippen LogP contribution >= 0.6 is 0 Å². The number of amides is 2. The van der Waals surface area contributed by atoms with Crippen LogP contribution in [0.3, 0.4) is 0 Å². The van der Waals surface area contributed by atoms with Crippen LogP contribution in [0.4, 0.5) is 0 Å². The Morgan fingerprint density at radius 1 is 1.15 bits per heavy atom. The second kappa shape index (κ2) is 8.80. The van der Waals surface area contributed by atoms with Gasteiger partial charge in [0.25, 0.3) is 0 Å². The Labute approximate surface area is 163 Å². The summed E-state index contributed by atoms with van der Waals surface area (Å²) in [6.45, 7) is 13.2. The first-order valence-electron chi connectivity index (χ1n) is 9.10. The molecule has 0 aromatic heterocycles. The summed E-state index contributed by atoms with van der Waals surface area (Å²) in [7, 11) is -2.19. The molecule has 1 aromatic rings. The summed E-state index contributed by atoms with van der Waals surface area (Å²) in [5.41, 5.74) is 6.09. The molecule has 0 bridgehead atoms. The quantitative estimate of drug-likeness (QED) is 0.544. The second-order valence-corrected chi connectivity index (χ2v) is 13.1. The molecule has 1 aromatic carbocycles. The van der Waals surface area contributed by atoms with E-state index in [4.69, 9.17) is 10.2 Å². The van der Waals surface area contributed by atoms with Crippen LogP contribution in [-0.2, 0) is 14.0 Å². The Hall–Kier alpha value is -1.99. The molecule has 2 N–H and O–H groups in total. The van der Waals surface area contributed by atoms with Crippen molar-refractivity contribution >= 4 is 25.9 Å². The van der Waals surface area contributed by atoms with Gasteiger partial charge >= 0.3 is 0 Å². The number of hydrogen-bond donors (Lipinski definition) is 1. The maximum Gasteiger partial charge on any atom is 0.242 e. The van der Waals surface area contributed by atoms with Gasteiger partial charge < -0.3 is 15.1 Å². The van der Waals surface area contributed by atoms with Crippen molar-refractivity contribution in [2.45, 2.75) is 64.9 Å². The summed E-state index contributed by atoms with van der Waals surface area (Å²) in [5.74, 6) is -1.33. The van der Waals surface area contributed by atoms with Crippen molar-refractivity contribution in [3.05, 3.63) is 35.9 Å². The van der Waals surface area contributed by atoms with Crippen molar-refractivity contribution in [1.82, 2.24) is 4.90 Å². The fourth-order valence-electron chi connectivity index (χ4n) is 2.62. The van der Waals surface area contributed by atoms with Crippen LogP contribution in [0.1, 0.15) is 45.0 Å². The first-order valence-corrected chi connectivity index (χ1v) is 12.0. The van der Waals surface area contributed by atoms with Gasteiger partial charge in [-0.1, -0.05) is 51.1 Å². The summed E-state index contributed by atoms with van der Waals surface area (Å²) in [5, 5.41) is -0.0651. The minimum absolute atomic E-state index is 0.0651. The van der Waals surface area contributed by atoms with Crippen molar-refractivity contribution in [3.63, 3.8) is 0 Å². The number of rotatable bonds is 8. The van der Waals surface area contributed by atoms with E-state index >= 15 is 0 Å². The van der Waals surface area contributed by atoms with Crippen LogP contribution in [0.5, 0.6) is 0 Å². The van der Waals surface area contributed by atoms with Gasteiger partial charge in [0.05, 0.1) is 12.6 Å². The highest BCUT2D eigenvalue weighted by atomic mass is 28.4. The Morgan fingerprint density at radius 2 is 1.67 bits per heavy atom. The number of nitrogens with zero attached hydrogens (tertiary/aromatic N) is 1. The zero-order valence-electron chi connectivity index (χ0n) is 17.4. The zero-order chi connectivity index (χ0) is 21.0. The van der Waals surface area contributed by atoms with Crippen LogP contribution in [0.25, 0.3) is 0 Å². The van der Waals surface area contributed by atoms with Crippen molar-refractivity contribution in [2.75, 3.05) is 6.54 Å². The molecule has 0 heterocycles. The number of Topliss-reactive ketones (excluding diaryl/α,β-unsaturated/α-hetero) is 1. The molecule has 6 nitrogen and oxygen atoms in total. The number of benzene rings is 1. The van der Waals surface area contributed by atoms with Gasteiger partial charge in [0.1, 0.15) is 6.04 Å². The molecule has 150 valence electrons. The third kappa shape index (κ3) is 6.00. The van der Waals surface area contributed by atoms with E-state index < -0.39 is 32.3 Å². The minimum atomic E-state index is -2.19. The van der Waals surface area contributed by atoms with E-state index in [1.54, 1.807) is 37.3 Å². The highest BCUT2D eigenvalue weighted by molar-refractivity contribution is 6.74. The SMILES string of the molecule is CC(=O)N(CC(=O)c1ccccc1)C(C(N)=O)C(C)O[Si](C)(C)C(C)(C)C. The molecule has 0 saturated heterocycles. The van der Waals surface area contributed by atoms with Crippen molar-refractivity contribution < 1.29 is 18.8 Å². The van der Waals surface area contributed by atoms with Crippen molar-refractivity contribution in [1.29, 1.82) is 0 Å². The number of hydrogen-bond acceptors (Lipinski definition) is 4. The summed E-state index contributed by atoms with van der Waals surface area (Å²) in [4.78, 5) is 38.2. The topological polar surface area (TPSA) is 89.7 Å². The van der Waals surface area contributed by atoms with E-state index in [0.29, 0.717) is 5.56 Å². The summed E-state index contributed by atoms with van der Waals surface area (Å²) >= 11 is 0. The summed E-state index contributed by atoms with van der Waals surface area (Å²) in [6.07, 6.45) is -0.615. The molecule has 2 unspecified atom stereocenters. The standard InChI is InChI=1S/C20H32N2O4Si/c1-14(26-27(6,7)20(3,4)5)18(19(21)25)22(15(2)23)13-17(24)16-11-9-8-10-12-16/h8-12,14,18H,13H2,1-7H3,(H2,21,25). The molecular weight excluding hydrogens is 360 g/mol. The number of carbonyl (C=O) groups excluding carboxylic acids is 3. The molecule has 7 heteroatoms. The van der Waals surface area contributed by atoms with Crippen molar-refractivity contribution in [3.8, 4) is 0 Å². The molecule has 2 amide bonds. The van der Waals surface area contributed by atoms with Gasteiger partial charge in [-0.2, -0.15) is 0 Å². The van der Waals surface area contributed by atoms with E-state index in [1.165, 1.54) is 11.8 Å². The Balaban J connectivity index is 3.11. The lowest BCUT2D eigenvalue weighted by Gasteiger charge is -2.41. The van der Waals surface area contributed by atoms with E-state index in [0.717, 1.165) is 0 Å². The van der Waals surface area contributed by atoms with Gasteiger partial charge in [-0.3, -0.25) is 14.4 Å². The summed E-state index contributed by atoms with van der Waals surface area (Å²) < 4.78 is 6.28. The Kier molecular flexibility index (Phi) is 7.51. The fraction of sp³-hybridized carbons (Fsp3) is 0.550. The molecule has 27 heavy (non-hydrogen) atoms. The van der Waals surface area contributed by atoms with E-state index in [1.807, 2.05) is 0 Å². The molecule has 1 rings (SSSR count). The molecule has 2 atom stereocenters. The number of primary amides is 1. The van der Waals surface area contributed by atoms with Crippen LogP contribution in [0.2, 0.25) is 18.1 Å². The fourth-order valence-corrected chi connectivity index (χ4v) is 4.03. The van der Waals surface area contributed by atoms with E-state index in [-0.39, 0.29) is 17.4 Å². The predicted molar refractivity (Wildman–Crippen MR) is 109 cm³/mol.